The molecule has 2 aromatic heterocycles. The number of fused-ring (bicyclic) bond motifs is 1. The lowest BCUT2D eigenvalue weighted by molar-refractivity contribution is 0.627. The molecule has 17 heavy (non-hydrogen) atoms. The zero-order valence-corrected chi connectivity index (χ0v) is 9.91. The second-order valence-corrected chi connectivity index (χ2v) is 4.28. The summed E-state index contributed by atoms with van der Waals surface area (Å²) in [7, 11) is 0. The molecule has 0 unspecified atom stereocenters. The molecule has 0 aliphatic carbocycles. The number of aromatic nitrogens is 3. The molecule has 5 heteroatoms. The normalized spacial score (nSPS) is 14.4. The second kappa shape index (κ2) is 4.39. The maximum Gasteiger partial charge on any atom is 0.161 e. The van der Waals surface area contributed by atoms with Gasteiger partial charge in [0.2, 0.25) is 0 Å². The highest BCUT2D eigenvalue weighted by Gasteiger charge is 2.16. The van der Waals surface area contributed by atoms with Crippen LogP contribution < -0.4 is 5.32 Å². The van der Waals surface area contributed by atoms with E-state index in [9.17, 15) is 0 Å². The molecular weight excluding hydrogens is 236 g/mol. The van der Waals surface area contributed by atoms with Gasteiger partial charge < -0.3 is 5.32 Å². The van der Waals surface area contributed by atoms with Crippen molar-refractivity contribution < 1.29 is 0 Å². The number of hydrogen-bond acceptors (Lipinski definition) is 4. The highest BCUT2D eigenvalue weighted by Crippen LogP contribution is 2.23. The van der Waals surface area contributed by atoms with E-state index in [1.54, 1.807) is 12.4 Å². The summed E-state index contributed by atoms with van der Waals surface area (Å²) in [6, 6.07) is 3.78. The molecule has 1 aliphatic rings. The summed E-state index contributed by atoms with van der Waals surface area (Å²) in [5.41, 5.74) is 3.02. The summed E-state index contributed by atoms with van der Waals surface area (Å²) in [6.07, 6.45) is 4.36. The van der Waals surface area contributed by atoms with Gasteiger partial charge in [-0.3, -0.25) is 4.98 Å². The van der Waals surface area contributed by atoms with Crippen LogP contribution in [0.4, 0.5) is 0 Å². The van der Waals surface area contributed by atoms with E-state index < -0.39 is 0 Å². The van der Waals surface area contributed by atoms with Gasteiger partial charge >= 0.3 is 0 Å². The third-order valence-corrected chi connectivity index (χ3v) is 3.13. The lowest BCUT2D eigenvalue weighted by Crippen LogP contribution is -2.25. The fourth-order valence-corrected chi connectivity index (χ4v) is 2.19. The van der Waals surface area contributed by atoms with Crippen LogP contribution in [-0.4, -0.2) is 21.5 Å². The first-order valence-corrected chi connectivity index (χ1v) is 5.89. The highest BCUT2D eigenvalue weighted by molar-refractivity contribution is 6.30. The Morgan fingerprint density at radius 3 is 2.82 bits per heavy atom. The van der Waals surface area contributed by atoms with Gasteiger partial charge in [0.05, 0.1) is 5.69 Å². The van der Waals surface area contributed by atoms with Gasteiger partial charge in [-0.15, -0.1) is 0 Å². The van der Waals surface area contributed by atoms with E-state index in [4.69, 9.17) is 11.6 Å². The van der Waals surface area contributed by atoms with Crippen LogP contribution >= 0.6 is 11.6 Å². The molecule has 1 aliphatic heterocycles. The van der Waals surface area contributed by atoms with Crippen LogP contribution in [0.15, 0.2) is 24.5 Å². The van der Waals surface area contributed by atoms with Crippen molar-refractivity contribution in [2.24, 2.45) is 0 Å². The molecule has 0 spiro atoms. The Kier molecular flexibility index (Phi) is 2.74. The van der Waals surface area contributed by atoms with E-state index in [1.807, 2.05) is 12.1 Å². The highest BCUT2D eigenvalue weighted by atomic mass is 35.5. The van der Waals surface area contributed by atoms with Crippen LogP contribution in [-0.2, 0) is 13.0 Å². The van der Waals surface area contributed by atoms with E-state index in [-0.39, 0.29) is 0 Å². The van der Waals surface area contributed by atoms with Gasteiger partial charge in [-0.2, -0.15) is 0 Å². The molecule has 3 heterocycles. The van der Waals surface area contributed by atoms with Gasteiger partial charge in [-0.1, -0.05) is 11.6 Å². The molecule has 0 aromatic carbocycles. The minimum absolute atomic E-state index is 0.550. The molecule has 1 N–H and O–H groups in total. The van der Waals surface area contributed by atoms with Gasteiger partial charge in [-0.25, -0.2) is 9.97 Å². The van der Waals surface area contributed by atoms with Gasteiger partial charge in [0, 0.05) is 43.0 Å². The monoisotopic (exact) mass is 246 g/mol. The SMILES string of the molecule is Clc1nc(-c2ccncc2)nc2c1CNCC2. The Morgan fingerprint density at radius 2 is 2.00 bits per heavy atom. The zero-order chi connectivity index (χ0) is 11.7. The fraction of sp³-hybridized carbons (Fsp3) is 0.250. The first-order valence-electron chi connectivity index (χ1n) is 5.51. The summed E-state index contributed by atoms with van der Waals surface area (Å²) >= 11 is 6.19. The Morgan fingerprint density at radius 1 is 1.18 bits per heavy atom. The summed E-state index contributed by atoms with van der Waals surface area (Å²) in [5, 5.41) is 3.82. The first kappa shape index (κ1) is 10.6. The standard InChI is InChI=1S/C12H11ClN4/c13-11-9-7-15-6-3-10(9)16-12(17-11)8-1-4-14-5-2-8/h1-2,4-5,15H,3,6-7H2. The molecule has 0 radical (unpaired) electrons. The van der Waals surface area contributed by atoms with Gasteiger partial charge in [-0.05, 0) is 12.1 Å². The zero-order valence-electron chi connectivity index (χ0n) is 9.15. The molecule has 4 nitrogen and oxygen atoms in total. The Balaban J connectivity index is 2.11. The summed E-state index contributed by atoms with van der Waals surface area (Å²) in [6.45, 7) is 1.70. The maximum atomic E-state index is 6.19. The molecule has 0 fully saturated rings. The van der Waals surface area contributed by atoms with E-state index >= 15 is 0 Å². The predicted molar refractivity (Wildman–Crippen MR) is 65.7 cm³/mol. The quantitative estimate of drug-likeness (QED) is 0.780. The van der Waals surface area contributed by atoms with Crippen molar-refractivity contribution in [2.75, 3.05) is 6.54 Å². The van der Waals surface area contributed by atoms with Crippen LogP contribution in [0.5, 0.6) is 0 Å². The number of halogens is 1. The van der Waals surface area contributed by atoms with Crippen molar-refractivity contribution in [3.8, 4) is 11.4 Å². The van der Waals surface area contributed by atoms with E-state index in [1.165, 1.54) is 0 Å². The van der Waals surface area contributed by atoms with Gasteiger partial charge in [0.1, 0.15) is 5.15 Å². The van der Waals surface area contributed by atoms with Crippen LogP contribution in [0.25, 0.3) is 11.4 Å². The predicted octanol–water partition coefficient (Wildman–Crippen LogP) is 1.84. The summed E-state index contributed by atoms with van der Waals surface area (Å²) in [5.74, 6) is 0.679. The summed E-state index contributed by atoms with van der Waals surface area (Å²) in [4.78, 5) is 12.9. The van der Waals surface area contributed by atoms with Crippen molar-refractivity contribution >= 4 is 11.6 Å². The second-order valence-electron chi connectivity index (χ2n) is 3.93. The number of hydrogen-bond donors (Lipinski definition) is 1. The number of nitrogens with zero attached hydrogens (tertiary/aromatic N) is 3. The van der Waals surface area contributed by atoms with Crippen LogP contribution in [0.3, 0.4) is 0 Å². The number of rotatable bonds is 1. The molecule has 86 valence electrons. The van der Waals surface area contributed by atoms with Crippen LogP contribution in [0.1, 0.15) is 11.3 Å². The average Bonchev–Trinajstić information content (AvgIpc) is 2.40. The molecule has 0 saturated heterocycles. The Hall–Kier alpha value is -1.52. The average molecular weight is 247 g/mol. The third-order valence-electron chi connectivity index (χ3n) is 2.82. The minimum Gasteiger partial charge on any atom is -0.312 e. The van der Waals surface area contributed by atoms with Crippen molar-refractivity contribution in [3.63, 3.8) is 0 Å². The molecule has 3 rings (SSSR count). The first-order chi connectivity index (χ1) is 8.34. The Bertz CT molecular complexity index is 542. The van der Waals surface area contributed by atoms with Crippen molar-refractivity contribution in [1.29, 1.82) is 0 Å². The lowest BCUT2D eigenvalue weighted by Gasteiger charge is -2.17. The molecule has 0 amide bonds. The number of nitrogens with one attached hydrogen (secondary N) is 1. The summed E-state index contributed by atoms with van der Waals surface area (Å²) < 4.78 is 0. The molecule has 2 aromatic rings. The van der Waals surface area contributed by atoms with Crippen LogP contribution in [0, 0.1) is 0 Å². The number of pyridine rings is 1. The van der Waals surface area contributed by atoms with Gasteiger partial charge in [0.15, 0.2) is 5.82 Å². The van der Waals surface area contributed by atoms with E-state index in [2.05, 4.69) is 20.3 Å². The smallest absolute Gasteiger partial charge is 0.161 e. The molecule has 0 atom stereocenters. The van der Waals surface area contributed by atoms with Crippen LogP contribution in [0.2, 0.25) is 5.15 Å². The third kappa shape index (κ3) is 2.01. The maximum absolute atomic E-state index is 6.19. The van der Waals surface area contributed by atoms with Crippen molar-refractivity contribution in [3.05, 3.63) is 40.9 Å². The van der Waals surface area contributed by atoms with Crippen molar-refractivity contribution in [1.82, 2.24) is 20.3 Å². The molecule has 0 bridgehead atoms. The van der Waals surface area contributed by atoms with Crippen molar-refractivity contribution in [2.45, 2.75) is 13.0 Å². The van der Waals surface area contributed by atoms with E-state index in [0.29, 0.717) is 11.0 Å². The Labute approximate surface area is 104 Å². The van der Waals surface area contributed by atoms with Gasteiger partial charge in [0.25, 0.3) is 0 Å². The van der Waals surface area contributed by atoms with E-state index in [0.717, 1.165) is 36.3 Å². The minimum atomic E-state index is 0.550. The topological polar surface area (TPSA) is 50.7 Å². The fourth-order valence-electron chi connectivity index (χ4n) is 1.93. The molecular formula is C12H11ClN4. The lowest BCUT2D eigenvalue weighted by atomic mass is 10.1. The molecule has 0 saturated carbocycles. The largest absolute Gasteiger partial charge is 0.312 e.